The number of hydrogen-bond acceptors (Lipinski definition) is 6. The molecule has 0 unspecified atom stereocenters. The molecule has 1 heterocycles. The van der Waals surface area contributed by atoms with Gasteiger partial charge in [0.1, 0.15) is 11.5 Å². The molecule has 0 atom stereocenters. The zero-order valence-corrected chi connectivity index (χ0v) is 20.3. The highest BCUT2D eigenvalue weighted by Crippen LogP contribution is 2.26. The molecule has 3 rings (SSSR count). The summed E-state index contributed by atoms with van der Waals surface area (Å²) < 4.78 is 38.1. The van der Waals surface area contributed by atoms with Gasteiger partial charge in [-0.3, -0.25) is 9.59 Å². The van der Waals surface area contributed by atoms with Crippen molar-refractivity contribution in [3.05, 3.63) is 48.5 Å². The molecule has 184 valence electrons. The van der Waals surface area contributed by atoms with E-state index in [1.54, 1.807) is 48.5 Å². The van der Waals surface area contributed by atoms with Crippen LogP contribution in [0.1, 0.15) is 26.7 Å². The number of nitrogens with one attached hydrogen (secondary N) is 2. The van der Waals surface area contributed by atoms with Crippen molar-refractivity contribution < 1.29 is 27.5 Å². The molecular weight excluding hydrogens is 458 g/mol. The molecule has 10 heteroatoms. The Morgan fingerprint density at radius 2 is 1.53 bits per heavy atom. The van der Waals surface area contributed by atoms with Crippen LogP contribution in [0.15, 0.2) is 53.4 Å². The molecule has 2 amide bonds. The molecule has 34 heavy (non-hydrogen) atoms. The van der Waals surface area contributed by atoms with E-state index in [4.69, 9.17) is 9.47 Å². The number of nitrogens with zero attached hydrogens (tertiary/aromatic N) is 1. The van der Waals surface area contributed by atoms with Crippen molar-refractivity contribution in [3.63, 3.8) is 0 Å². The summed E-state index contributed by atoms with van der Waals surface area (Å²) >= 11 is 0. The second-order valence-corrected chi connectivity index (χ2v) is 9.78. The summed E-state index contributed by atoms with van der Waals surface area (Å²) in [5.41, 5.74) is 0.611. The molecule has 1 saturated heterocycles. The lowest BCUT2D eigenvalue weighted by Crippen LogP contribution is -2.41. The highest BCUT2D eigenvalue weighted by atomic mass is 32.2. The summed E-state index contributed by atoms with van der Waals surface area (Å²) in [5.74, 6) is 0.529. The van der Waals surface area contributed by atoms with Gasteiger partial charge in [0, 0.05) is 31.2 Å². The summed E-state index contributed by atoms with van der Waals surface area (Å²) in [6, 6.07) is 13.2. The maximum absolute atomic E-state index is 12.9. The lowest BCUT2D eigenvalue weighted by Gasteiger charge is -2.30. The Morgan fingerprint density at radius 1 is 0.941 bits per heavy atom. The Hall–Kier alpha value is -3.11. The first-order valence-corrected chi connectivity index (χ1v) is 12.8. The van der Waals surface area contributed by atoms with Crippen molar-refractivity contribution in [2.24, 2.45) is 5.92 Å². The van der Waals surface area contributed by atoms with E-state index in [1.807, 2.05) is 13.8 Å². The first-order valence-electron chi connectivity index (χ1n) is 11.4. The minimum absolute atomic E-state index is 0.0717. The number of ether oxygens (including phenoxy) is 2. The maximum atomic E-state index is 12.9. The fourth-order valence-corrected chi connectivity index (χ4v) is 5.13. The molecular formula is C24H31N3O6S. The smallest absolute Gasteiger partial charge is 0.257 e. The van der Waals surface area contributed by atoms with E-state index in [-0.39, 0.29) is 42.3 Å². The van der Waals surface area contributed by atoms with Crippen LogP contribution in [-0.4, -0.2) is 57.4 Å². The van der Waals surface area contributed by atoms with Gasteiger partial charge in [0.25, 0.3) is 5.91 Å². The van der Waals surface area contributed by atoms with E-state index in [9.17, 15) is 18.0 Å². The average molecular weight is 490 g/mol. The van der Waals surface area contributed by atoms with E-state index in [0.717, 1.165) is 0 Å². The molecule has 2 aromatic carbocycles. The van der Waals surface area contributed by atoms with Gasteiger partial charge in [-0.25, -0.2) is 8.42 Å². The molecule has 0 radical (unpaired) electrons. The van der Waals surface area contributed by atoms with Crippen LogP contribution in [0, 0.1) is 5.92 Å². The minimum Gasteiger partial charge on any atom is -0.494 e. The van der Waals surface area contributed by atoms with Crippen molar-refractivity contribution in [1.29, 1.82) is 0 Å². The van der Waals surface area contributed by atoms with Crippen LogP contribution >= 0.6 is 0 Å². The Bertz CT molecular complexity index is 1060. The minimum atomic E-state index is -3.62. The largest absolute Gasteiger partial charge is 0.494 e. The van der Waals surface area contributed by atoms with Crippen LogP contribution in [0.25, 0.3) is 0 Å². The van der Waals surface area contributed by atoms with E-state index < -0.39 is 10.0 Å². The van der Waals surface area contributed by atoms with Crippen LogP contribution in [0.2, 0.25) is 0 Å². The van der Waals surface area contributed by atoms with Crippen LogP contribution in [-0.2, 0) is 19.6 Å². The molecule has 0 bridgehead atoms. The molecule has 0 aromatic heterocycles. The van der Waals surface area contributed by atoms with Gasteiger partial charge in [-0.2, -0.15) is 4.31 Å². The van der Waals surface area contributed by atoms with Gasteiger partial charge in [0.2, 0.25) is 15.9 Å². The fraction of sp³-hybridized carbons (Fsp3) is 0.417. The van der Waals surface area contributed by atoms with Crippen LogP contribution < -0.4 is 20.1 Å². The van der Waals surface area contributed by atoms with Gasteiger partial charge in [-0.05, 0) is 75.2 Å². The molecule has 1 aliphatic heterocycles. The number of anilines is 1. The van der Waals surface area contributed by atoms with Crippen molar-refractivity contribution in [2.45, 2.75) is 31.6 Å². The fourth-order valence-electron chi connectivity index (χ4n) is 3.66. The van der Waals surface area contributed by atoms with Gasteiger partial charge >= 0.3 is 0 Å². The first kappa shape index (κ1) is 25.5. The van der Waals surface area contributed by atoms with E-state index >= 15 is 0 Å². The van der Waals surface area contributed by atoms with Crippen molar-refractivity contribution >= 4 is 27.5 Å². The molecule has 9 nitrogen and oxygen atoms in total. The Kier molecular flexibility index (Phi) is 8.89. The van der Waals surface area contributed by atoms with Gasteiger partial charge in [-0.1, -0.05) is 0 Å². The molecule has 2 N–H and O–H groups in total. The maximum Gasteiger partial charge on any atom is 0.257 e. The molecule has 0 spiro atoms. The molecule has 0 saturated carbocycles. The third-order valence-electron chi connectivity index (χ3n) is 5.46. The van der Waals surface area contributed by atoms with Gasteiger partial charge < -0.3 is 20.1 Å². The summed E-state index contributed by atoms with van der Waals surface area (Å²) in [5, 5.41) is 5.52. The number of likely N-dealkylation sites (N-methyl/N-ethyl adjacent to an activating group) is 1. The zero-order valence-electron chi connectivity index (χ0n) is 19.5. The van der Waals surface area contributed by atoms with Crippen molar-refractivity contribution in [3.8, 4) is 11.5 Å². The number of benzene rings is 2. The van der Waals surface area contributed by atoms with Crippen LogP contribution in [0.5, 0.6) is 11.5 Å². The second kappa shape index (κ2) is 11.8. The lowest BCUT2D eigenvalue weighted by molar-refractivity contribution is -0.123. The molecule has 1 aliphatic rings. The van der Waals surface area contributed by atoms with Crippen LogP contribution in [0.4, 0.5) is 5.69 Å². The molecule has 0 aliphatic carbocycles. The number of carbonyl (C=O) groups is 2. The number of amides is 2. The average Bonchev–Trinajstić information content (AvgIpc) is 2.84. The number of sulfonamides is 1. The number of piperidine rings is 1. The Morgan fingerprint density at radius 3 is 2.12 bits per heavy atom. The van der Waals surface area contributed by atoms with Crippen molar-refractivity contribution in [1.82, 2.24) is 9.62 Å². The van der Waals surface area contributed by atoms with E-state index in [1.165, 1.54) is 4.31 Å². The zero-order chi connectivity index (χ0) is 24.6. The summed E-state index contributed by atoms with van der Waals surface area (Å²) in [6.07, 6.45) is 0.881. The third-order valence-corrected chi connectivity index (χ3v) is 7.38. The summed E-state index contributed by atoms with van der Waals surface area (Å²) in [4.78, 5) is 24.4. The van der Waals surface area contributed by atoms with Gasteiger partial charge in [0.05, 0.1) is 11.5 Å². The number of hydrogen-bond donors (Lipinski definition) is 2. The van der Waals surface area contributed by atoms with Crippen molar-refractivity contribution in [2.75, 3.05) is 38.2 Å². The summed E-state index contributed by atoms with van der Waals surface area (Å²) in [6.45, 7) is 5.24. The van der Waals surface area contributed by atoms with Gasteiger partial charge in [-0.15, -0.1) is 0 Å². The predicted octanol–water partition coefficient (Wildman–Crippen LogP) is 2.64. The topological polar surface area (TPSA) is 114 Å². The Labute approximate surface area is 200 Å². The van der Waals surface area contributed by atoms with E-state index in [2.05, 4.69) is 10.6 Å². The predicted molar refractivity (Wildman–Crippen MR) is 128 cm³/mol. The van der Waals surface area contributed by atoms with Crippen LogP contribution in [0.3, 0.4) is 0 Å². The third kappa shape index (κ3) is 6.71. The standard InChI is InChI=1S/C24H31N3O6S/c1-3-25-23(28)17-33-21-7-5-19(6-8-21)26-24(29)18-13-15-27(16-14-18)34(30,31)22-11-9-20(10-12-22)32-4-2/h5-12,18H,3-4,13-17H2,1-2H3,(H,25,28)(H,26,29). The number of rotatable bonds is 10. The Balaban J connectivity index is 1.50. The first-order chi connectivity index (χ1) is 16.3. The normalized spacial score (nSPS) is 14.9. The SMILES string of the molecule is CCNC(=O)COc1ccc(NC(=O)C2CCN(S(=O)(=O)c3ccc(OCC)cc3)CC2)cc1. The summed E-state index contributed by atoms with van der Waals surface area (Å²) in [7, 11) is -3.62. The molecule has 2 aromatic rings. The highest BCUT2D eigenvalue weighted by Gasteiger charge is 2.32. The molecule has 1 fully saturated rings. The lowest BCUT2D eigenvalue weighted by atomic mass is 9.97. The number of carbonyl (C=O) groups excluding carboxylic acids is 2. The van der Waals surface area contributed by atoms with E-state index in [0.29, 0.717) is 43.2 Å². The quantitative estimate of drug-likeness (QED) is 0.530. The van der Waals surface area contributed by atoms with Gasteiger partial charge in [0.15, 0.2) is 6.61 Å². The monoisotopic (exact) mass is 489 g/mol. The second-order valence-electron chi connectivity index (χ2n) is 7.84. The highest BCUT2D eigenvalue weighted by molar-refractivity contribution is 7.89.